The average Bonchev–Trinajstić information content (AvgIpc) is 3.31. The number of rotatable bonds is 9. The van der Waals surface area contributed by atoms with Gasteiger partial charge < -0.3 is 13.9 Å². The fourth-order valence-electron chi connectivity index (χ4n) is 5.49. The summed E-state index contributed by atoms with van der Waals surface area (Å²) < 4.78 is 18.8. The summed E-state index contributed by atoms with van der Waals surface area (Å²) in [7, 11) is -2.95. The highest BCUT2D eigenvalue weighted by atomic mass is 32.2. The second kappa shape index (κ2) is 13.1. The largest absolute Gasteiger partial charge is 0.453 e. The molecule has 0 bridgehead atoms. The molecule has 0 aliphatic carbocycles. The molecular weight excluding hydrogens is 577 g/mol. The predicted octanol–water partition coefficient (Wildman–Crippen LogP) is 5.66. The first-order chi connectivity index (χ1) is 20.7. The first-order valence-electron chi connectivity index (χ1n) is 14.2. The van der Waals surface area contributed by atoms with Gasteiger partial charge in [0.2, 0.25) is 11.2 Å². The Bertz CT molecular complexity index is 1500. The molecule has 5 rings (SSSR count). The lowest BCUT2D eigenvalue weighted by Gasteiger charge is -2.43. The molecule has 220 valence electrons. The Balaban J connectivity index is 1.49. The van der Waals surface area contributed by atoms with Gasteiger partial charge in [-0.2, -0.15) is 0 Å². The van der Waals surface area contributed by atoms with Gasteiger partial charge in [0.1, 0.15) is 0 Å². The molecule has 1 heterocycles. The molecule has 0 aromatic heterocycles. The van der Waals surface area contributed by atoms with Crippen molar-refractivity contribution in [3.63, 3.8) is 0 Å². The zero-order valence-corrected chi connectivity index (χ0v) is 26.2. The van der Waals surface area contributed by atoms with Gasteiger partial charge >= 0.3 is 11.9 Å². The highest BCUT2D eigenvalue weighted by Gasteiger charge is 2.54. The molecule has 0 spiro atoms. The number of thioether (sulfide) groups is 1. The van der Waals surface area contributed by atoms with Crippen LogP contribution in [0.1, 0.15) is 41.5 Å². The van der Waals surface area contributed by atoms with Crippen LogP contribution >= 0.6 is 11.8 Å². The third-order valence-electron chi connectivity index (χ3n) is 7.54. The molecule has 3 atom stereocenters. The molecule has 43 heavy (non-hydrogen) atoms. The Hall–Kier alpha value is -3.98. The van der Waals surface area contributed by atoms with Crippen LogP contribution in [-0.2, 0) is 18.7 Å². The van der Waals surface area contributed by atoms with Gasteiger partial charge in [0, 0.05) is 0 Å². The van der Waals surface area contributed by atoms with Crippen molar-refractivity contribution in [1.82, 2.24) is 0 Å². The van der Waals surface area contributed by atoms with Crippen LogP contribution in [0.5, 0.6) is 0 Å². The van der Waals surface area contributed by atoms with E-state index >= 15 is 0 Å². The minimum Gasteiger partial charge on any atom is -0.453 e. The van der Waals surface area contributed by atoms with Crippen LogP contribution in [-0.4, -0.2) is 49.4 Å². The topological polar surface area (TPSA) is 78.9 Å². The van der Waals surface area contributed by atoms with E-state index in [1.807, 2.05) is 36.4 Å². The molecule has 1 saturated heterocycles. The third kappa shape index (κ3) is 6.51. The number of hydrogen-bond acceptors (Lipinski definition) is 7. The molecule has 4 aromatic rings. The quantitative estimate of drug-likeness (QED) is 0.179. The molecule has 6 nitrogen and oxygen atoms in total. The van der Waals surface area contributed by atoms with Crippen molar-refractivity contribution in [2.75, 3.05) is 6.61 Å². The van der Waals surface area contributed by atoms with Gasteiger partial charge in [0.15, 0.2) is 6.10 Å². The van der Waals surface area contributed by atoms with Gasteiger partial charge in [-0.15, -0.1) is 0 Å². The fourth-order valence-corrected chi connectivity index (χ4v) is 11.3. The zero-order chi connectivity index (χ0) is 30.5. The highest BCUT2D eigenvalue weighted by molar-refractivity contribution is 8.14. The van der Waals surface area contributed by atoms with E-state index in [4.69, 9.17) is 13.9 Å². The number of esters is 2. The normalized spacial score (nSPS) is 18.7. The maximum Gasteiger partial charge on any atom is 0.339 e. The first kappa shape index (κ1) is 30.5. The molecule has 1 aliphatic heterocycles. The second-order valence-corrected chi connectivity index (χ2v) is 16.9. The lowest BCUT2D eigenvalue weighted by atomic mass is 10.1. The van der Waals surface area contributed by atoms with Crippen LogP contribution in [0.2, 0.25) is 5.04 Å². The fraction of sp³-hybridized carbons (Fsp3) is 0.229. The van der Waals surface area contributed by atoms with E-state index in [0.717, 1.165) is 22.1 Å². The molecule has 0 radical (unpaired) electrons. The molecule has 0 N–H and O–H groups in total. The van der Waals surface area contributed by atoms with Crippen LogP contribution in [0.4, 0.5) is 0 Å². The van der Waals surface area contributed by atoms with E-state index < -0.39 is 37.7 Å². The minimum absolute atomic E-state index is 0.107. The maximum absolute atomic E-state index is 13.4. The standard InChI is InChI=1S/C35H34O6SSi/c1-35(2,3)43(27-20-12-6-13-21-27,28-22-14-7-15-23-28)39-24-29-30(40-32(36)25-16-8-4-9-17-25)31(34(38)42-29)41-33(37)26-18-10-5-11-19-26/h4-23,29-31H,24H2,1-3H3/t29-,30+,31+/m0/s1. The third-order valence-corrected chi connectivity index (χ3v) is 13.7. The minimum atomic E-state index is -2.95. The maximum atomic E-state index is 13.4. The number of hydrogen-bond donors (Lipinski definition) is 0. The first-order valence-corrected chi connectivity index (χ1v) is 17.0. The summed E-state index contributed by atoms with van der Waals surface area (Å²) in [5, 5.41) is 0.903. The van der Waals surface area contributed by atoms with Gasteiger partial charge in [0.25, 0.3) is 8.32 Å². The van der Waals surface area contributed by atoms with E-state index in [2.05, 4.69) is 45.0 Å². The summed E-state index contributed by atoms with van der Waals surface area (Å²) in [5.41, 5.74) is 0.645. The molecule has 0 saturated carbocycles. The molecule has 0 amide bonds. The Morgan fingerprint density at radius 3 is 1.53 bits per heavy atom. The monoisotopic (exact) mass is 610 g/mol. The van der Waals surface area contributed by atoms with E-state index in [1.165, 1.54) is 0 Å². The van der Waals surface area contributed by atoms with E-state index in [0.29, 0.717) is 11.1 Å². The highest BCUT2D eigenvalue weighted by Crippen LogP contribution is 2.40. The van der Waals surface area contributed by atoms with Crippen molar-refractivity contribution in [2.45, 2.75) is 43.3 Å². The SMILES string of the molecule is CC(C)(C)[Si](OC[C@@H]1SC(=O)[C@H](OC(=O)c2ccccc2)[C@@H]1OC(=O)c1ccccc1)(c1ccccc1)c1ccccc1. The van der Waals surface area contributed by atoms with Crippen molar-refractivity contribution < 1.29 is 28.3 Å². The van der Waals surface area contributed by atoms with Gasteiger partial charge in [-0.3, -0.25) is 4.79 Å². The molecule has 1 fully saturated rings. The van der Waals surface area contributed by atoms with Gasteiger partial charge in [0.05, 0.1) is 23.0 Å². The van der Waals surface area contributed by atoms with Crippen LogP contribution in [0.25, 0.3) is 0 Å². The lowest BCUT2D eigenvalue weighted by molar-refractivity contribution is -0.123. The number of carbonyl (C=O) groups excluding carboxylic acids is 3. The van der Waals surface area contributed by atoms with Gasteiger partial charge in [-0.05, 0) is 39.7 Å². The molecule has 1 aliphatic rings. The predicted molar refractivity (Wildman–Crippen MR) is 171 cm³/mol. The molecule has 8 heteroatoms. The van der Waals surface area contributed by atoms with Gasteiger partial charge in [-0.25, -0.2) is 9.59 Å². The summed E-state index contributed by atoms with van der Waals surface area (Å²) in [6, 6.07) is 37.4. The lowest BCUT2D eigenvalue weighted by Crippen LogP contribution is -2.67. The van der Waals surface area contributed by atoms with Crippen molar-refractivity contribution >= 4 is 47.5 Å². The number of benzene rings is 4. The molecule has 0 unspecified atom stereocenters. The van der Waals surface area contributed by atoms with E-state index in [1.54, 1.807) is 60.7 Å². The smallest absolute Gasteiger partial charge is 0.339 e. The zero-order valence-electron chi connectivity index (χ0n) is 24.3. The Morgan fingerprint density at radius 2 is 1.09 bits per heavy atom. The van der Waals surface area contributed by atoms with Crippen LogP contribution in [0, 0.1) is 0 Å². The van der Waals surface area contributed by atoms with Crippen molar-refractivity contribution in [3.8, 4) is 0 Å². The van der Waals surface area contributed by atoms with Gasteiger partial charge in [-0.1, -0.05) is 130 Å². The Morgan fingerprint density at radius 1 is 0.674 bits per heavy atom. The molecule has 4 aromatic carbocycles. The van der Waals surface area contributed by atoms with Crippen LogP contribution in [0.15, 0.2) is 121 Å². The number of carbonyl (C=O) groups is 3. The second-order valence-electron chi connectivity index (χ2n) is 11.4. The summed E-state index contributed by atoms with van der Waals surface area (Å²) >= 11 is 1.00. The van der Waals surface area contributed by atoms with E-state index in [-0.39, 0.29) is 16.8 Å². The summed E-state index contributed by atoms with van der Waals surface area (Å²) in [6.07, 6.45) is -2.32. The van der Waals surface area contributed by atoms with Crippen LogP contribution in [0.3, 0.4) is 0 Å². The summed E-state index contributed by atoms with van der Waals surface area (Å²) in [4.78, 5) is 39.7. The van der Waals surface area contributed by atoms with Crippen LogP contribution < -0.4 is 10.4 Å². The van der Waals surface area contributed by atoms with E-state index in [9.17, 15) is 14.4 Å². The number of ether oxygens (including phenoxy) is 2. The average molecular weight is 611 g/mol. The Labute approximate surface area is 257 Å². The summed E-state index contributed by atoms with van der Waals surface area (Å²) in [6.45, 7) is 6.62. The molecular formula is C35H34O6SSi. The summed E-state index contributed by atoms with van der Waals surface area (Å²) in [5.74, 6) is -1.26. The van der Waals surface area contributed by atoms with Crippen molar-refractivity contribution in [2.24, 2.45) is 0 Å². The van der Waals surface area contributed by atoms with Crippen molar-refractivity contribution in [3.05, 3.63) is 132 Å². The van der Waals surface area contributed by atoms with Crippen molar-refractivity contribution in [1.29, 1.82) is 0 Å². The Kier molecular flexibility index (Phi) is 9.30.